The van der Waals surface area contributed by atoms with E-state index in [4.69, 9.17) is 0 Å². The molecule has 1 saturated heterocycles. The first-order valence-electron chi connectivity index (χ1n) is 11.7. The van der Waals surface area contributed by atoms with Crippen LogP contribution in [-0.4, -0.2) is 29.8 Å². The second-order valence-corrected chi connectivity index (χ2v) is 10.3. The van der Waals surface area contributed by atoms with Crippen molar-refractivity contribution in [3.05, 3.63) is 35.4 Å². The van der Waals surface area contributed by atoms with Crippen LogP contribution in [0.5, 0.6) is 0 Å². The maximum absolute atomic E-state index is 13.1. The van der Waals surface area contributed by atoms with Gasteiger partial charge in [0.25, 0.3) is 0 Å². The third-order valence-corrected chi connectivity index (χ3v) is 8.26. The lowest BCUT2D eigenvalue weighted by Crippen LogP contribution is -2.53. The van der Waals surface area contributed by atoms with E-state index in [1.165, 1.54) is 30.4 Å². The van der Waals surface area contributed by atoms with Gasteiger partial charge in [0.1, 0.15) is 0 Å². The molecule has 1 heterocycles. The average Bonchev–Trinajstić information content (AvgIpc) is 3.17. The summed E-state index contributed by atoms with van der Waals surface area (Å²) in [5.41, 5.74) is 2.41. The summed E-state index contributed by atoms with van der Waals surface area (Å²) in [7, 11) is 0. The molecule has 0 aromatic heterocycles. The van der Waals surface area contributed by atoms with Gasteiger partial charge in [0.15, 0.2) is 0 Å². The van der Waals surface area contributed by atoms with E-state index in [0.717, 1.165) is 56.4 Å². The standard InChI is InChI=1S/C25H34N2O2/c1-17-5-2-3-6-21(17)22-7-4-10-27(22)23(28)8-9-26-24(29)25-14-18-11-19(15-25)13-20(12-18)16-25/h2-3,5-6,18-20,22H,4,7-16H2,1H3,(H,26,29). The van der Waals surface area contributed by atoms with Crippen molar-refractivity contribution in [3.8, 4) is 0 Å². The zero-order valence-electron chi connectivity index (χ0n) is 17.7. The Morgan fingerprint density at radius 1 is 1.07 bits per heavy atom. The highest BCUT2D eigenvalue weighted by molar-refractivity contribution is 5.84. The number of benzene rings is 1. The van der Waals surface area contributed by atoms with Crippen molar-refractivity contribution < 1.29 is 9.59 Å². The number of nitrogens with zero attached hydrogens (tertiary/aromatic N) is 1. The van der Waals surface area contributed by atoms with Crippen LogP contribution in [0.25, 0.3) is 0 Å². The molecule has 156 valence electrons. The summed E-state index contributed by atoms with van der Waals surface area (Å²) in [5.74, 6) is 2.73. The Balaban J connectivity index is 1.17. The SMILES string of the molecule is Cc1ccccc1C1CCCN1C(=O)CCNC(=O)C12CC3CC(CC(C3)C1)C2. The van der Waals surface area contributed by atoms with Crippen molar-refractivity contribution >= 4 is 11.8 Å². The lowest BCUT2D eigenvalue weighted by molar-refractivity contribution is -0.146. The molecule has 4 aliphatic carbocycles. The molecule has 0 spiro atoms. The molecule has 5 fully saturated rings. The zero-order valence-corrected chi connectivity index (χ0v) is 17.7. The average molecular weight is 395 g/mol. The Labute approximate surface area is 174 Å². The lowest BCUT2D eigenvalue weighted by atomic mass is 9.49. The molecule has 1 unspecified atom stereocenters. The number of hydrogen-bond donors (Lipinski definition) is 1. The molecule has 4 nitrogen and oxygen atoms in total. The second-order valence-electron chi connectivity index (χ2n) is 10.3. The van der Waals surface area contributed by atoms with Crippen LogP contribution < -0.4 is 5.32 Å². The molecule has 2 amide bonds. The highest BCUT2D eigenvalue weighted by atomic mass is 16.2. The Bertz CT molecular complexity index is 766. The minimum absolute atomic E-state index is 0.116. The fraction of sp³-hybridized carbons (Fsp3) is 0.680. The van der Waals surface area contributed by atoms with Gasteiger partial charge < -0.3 is 10.2 Å². The molecule has 1 aliphatic heterocycles. The van der Waals surface area contributed by atoms with Gasteiger partial charge in [-0.25, -0.2) is 0 Å². The van der Waals surface area contributed by atoms with Crippen molar-refractivity contribution in [3.63, 3.8) is 0 Å². The number of aryl methyl sites for hydroxylation is 1. The maximum atomic E-state index is 13.1. The Hall–Kier alpha value is -1.84. The van der Waals surface area contributed by atoms with Gasteiger partial charge >= 0.3 is 0 Å². The minimum atomic E-state index is -0.116. The molecule has 29 heavy (non-hydrogen) atoms. The molecule has 4 bridgehead atoms. The first-order valence-corrected chi connectivity index (χ1v) is 11.7. The van der Waals surface area contributed by atoms with Crippen LogP contribution >= 0.6 is 0 Å². The van der Waals surface area contributed by atoms with Crippen molar-refractivity contribution in [2.45, 2.75) is 70.8 Å². The number of nitrogens with one attached hydrogen (secondary N) is 1. The molecular formula is C25H34N2O2. The normalized spacial score (nSPS) is 35.1. The van der Waals surface area contributed by atoms with Crippen molar-refractivity contribution in [1.29, 1.82) is 0 Å². The van der Waals surface area contributed by atoms with Crippen LogP contribution in [0.15, 0.2) is 24.3 Å². The molecule has 1 N–H and O–H groups in total. The predicted octanol–water partition coefficient (Wildman–Crippen LogP) is 4.38. The fourth-order valence-corrected chi connectivity index (χ4v) is 7.35. The maximum Gasteiger partial charge on any atom is 0.226 e. The number of amides is 2. The molecule has 0 radical (unpaired) electrons. The Kier molecular flexibility index (Phi) is 4.92. The molecular weight excluding hydrogens is 360 g/mol. The Morgan fingerprint density at radius 3 is 2.38 bits per heavy atom. The number of hydrogen-bond acceptors (Lipinski definition) is 2. The summed E-state index contributed by atoms with van der Waals surface area (Å²) in [6.07, 6.45) is 9.81. The van der Waals surface area contributed by atoms with Crippen LogP contribution in [0.3, 0.4) is 0 Å². The predicted molar refractivity (Wildman–Crippen MR) is 113 cm³/mol. The quantitative estimate of drug-likeness (QED) is 0.806. The zero-order chi connectivity index (χ0) is 20.0. The van der Waals surface area contributed by atoms with Crippen LogP contribution in [-0.2, 0) is 9.59 Å². The largest absolute Gasteiger partial charge is 0.355 e. The van der Waals surface area contributed by atoms with Crippen LogP contribution in [0, 0.1) is 30.1 Å². The minimum Gasteiger partial charge on any atom is -0.355 e. The first-order chi connectivity index (χ1) is 14.0. The van der Waals surface area contributed by atoms with E-state index in [1.807, 2.05) is 4.90 Å². The monoisotopic (exact) mass is 394 g/mol. The summed E-state index contributed by atoms with van der Waals surface area (Å²) < 4.78 is 0. The topological polar surface area (TPSA) is 49.4 Å². The van der Waals surface area contributed by atoms with E-state index in [1.54, 1.807) is 0 Å². The molecule has 6 rings (SSSR count). The van der Waals surface area contributed by atoms with Crippen molar-refractivity contribution in [2.24, 2.45) is 23.2 Å². The van der Waals surface area contributed by atoms with Gasteiger partial charge in [-0.2, -0.15) is 0 Å². The van der Waals surface area contributed by atoms with Crippen molar-refractivity contribution in [2.75, 3.05) is 13.1 Å². The molecule has 1 aromatic rings. The summed E-state index contributed by atoms with van der Waals surface area (Å²) in [6, 6.07) is 8.60. The Morgan fingerprint density at radius 2 is 1.72 bits per heavy atom. The van der Waals surface area contributed by atoms with E-state index in [0.29, 0.717) is 13.0 Å². The summed E-state index contributed by atoms with van der Waals surface area (Å²) in [5, 5.41) is 3.17. The van der Waals surface area contributed by atoms with Gasteiger partial charge in [-0.1, -0.05) is 24.3 Å². The number of carbonyl (C=O) groups is 2. The van der Waals surface area contributed by atoms with Gasteiger partial charge in [-0.05, 0) is 87.2 Å². The third-order valence-electron chi connectivity index (χ3n) is 8.26. The van der Waals surface area contributed by atoms with Crippen LogP contribution in [0.2, 0.25) is 0 Å². The van der Waals surface area contributed by atoms with E-state index < -0.39 is 0 Å². The second kappa shape index (κ2) is 7.45. The highest BCUT2D eigenvalue weighted by Gasteiger charge is 2.54. The number of likely N-dealkylation sites (tertiary alicyclic amines) is 1. The van der Waals surface area contributed by atoms with E-state index >= 15 is 0 Å². The number of rotatable bonds is 5. The molecule has 4 heteroatoms. The summed E-state index contributed by atoms with van der Waals surface area (Å²) in [4.78, 5) is 28.1. The lowest BCUT2D eigenvalue weighted by Gasteiger charge is -2.55. The number of carbonyl (C=O) groups excluding carboxylic acids is 2. The summed E-state index contributed by atoms with van der Waals surface area (Å²) in [6.45, 7) is 3.44. The van der Waals surface area contributed by atoms with Gasteiger partial charge in [-0.3, -0.25) is 9.59 Å². The smallest absolute Gasteiger partial charge is 0.226 e. The van der Waals surface area contributed by atoms with E-state index in [-0.39, 0.29) is 23.3 Å². The highest BCUT2D eigenvalue weighted by Crippen LogP contribution is 2.60. The fourth-order valence-electron chi connectivity index (χ4n) is 7.35. The molecule has 4 saturated carbocycles. The molecule has 5 aliphatic rings. The van der Waals surface area contributed by atoms with Crippen molar-refractivity contribution in [1.82, 2.24) is 10.2 Å². The van der Waals surface area contributed by atoms with Gasteiger partial charge in [0.05, 0.1) is 6.04 Å². The molecule has 1 aromatic carbocycles. The third kappa shape index (κ3) is 3.49. The van der Waals surface area contributed by atoms with Crippen LogP contribution in [0.1, 0.15) is 75.0 Å². The van der Waals surface area contributed by atoms with E-state index in [9.17, 15) is 9.59 Å². The van der Waals surface area contributed by atoms with Crippen LogP contribution in [0.4, 0.5) is 0 Å². The van der Waals surface area contributed by atoms with Gasteiger partial charge in [0, 0.05) is 24.9 Å². The van der Waals surface area contributed by atoms with Gasteiger partial charge in [0.2, 0.25) is 11.8 Å². The molecule has 1 atom stereocenters. The van der Waals surface area contributed by atoms with E-state index in [2.05, 4.69) is 36.5 Å². The first kappa shape index (κ1) is 19.1. The van der Waals surface area contributed by atoms with Gasteiger partial charge in [-0.15, -0.1) is 0 Å². The summed E-state index contributed by atoms with van der Waals surface area (Å²) >= 11 is 0.